The molecule has 1 saturated carbocycles. The van der Waals surface area contributed by atoms with Gasteiger partial charge in [0.05, 0.1) is 24.8 Å². The molecule has 1 atom stereocenters. The van der Waals surface area contributed by atoms with Crippen LogP contribution in [0.4, 0.5) is 5.82 Å². The van der Waals surface area contributed by atoms with Gasteiger partial charge in [-0.05, 0) is 50.2 Å². The summed E-state index contributed by atoms with van der Waals surface area (Å²) < 4.78 is 7.38. The van der Waals surface area contributed by atoms with Crippen molar-refractivity contribution in [3.05, 3.63) is 34.2 Å². The first-order valence-corrected chi connectivity index (χ1v) is 12.8. The number of carbonyl (C=O) groups is 1. The van der Waals surface area contributed by atoms with Gasteiger partial charge in [0.1, 0.15) is 5.82 Å². The van der Waals surface area contributed by atoms with Gasteiger partial charge in [-0.25, -0.2) is 4.68 Å². The van der Waals surface area contributed by atoms with Crippen molar-refractivity contribution >= 4 is 23.1 Å². The topological polar surface area (TPSA) is 59.4 Å². The number of carbonyl (C=O) groups excluding carboxylic acids is 1. The first kappa shape index (κ1) is 21.2. The number of likely N-dealkylation sites (tertiary alicyclic amines) is 1. The summed E-state index contributed by atoms with van der Waals surface area (Å²) in [5.41, 5.74) is 0. The van der Waals surface area contributed by atoms with Crippen molar-refractivity contribution in [1.82, 2.24) is 14.7 Å². The number of hydrogen-bond acceptors (Lipinski definition) is 5. The highest BCUT2D eigenvalue weighted by atomic mass is 32.1. The smallest absolute Gasteiger partial charge is 0.231 e. The second-order valence-corrected chi connectivity index (χ2v) is 10.6. The van der Waals surface area contributed by atoms with Crippen molar-refractivity contribution in [3.8, 4) is 0 Å². The molecule has 0 spiro atoms. The van der Waals surface area contributed by atoms with Crippen molar-refractivity contribution in [2.24, 2.45) is 5.92 Å². The third-order valence-corrected chi connectivity index (χ3v) is 8.43. The predicted octanol–water partition coefficient (Wildman–Crippen LogP) is 4.80. The summed E-state index contributed by atoms with van der Waals surface area (Å²) in [6, 6.07) is 7.01. The summed E-state index contributed by atoms with van der Waals surface area (Å²) >= 11 is 2.04. The van der Waals surface area contributed by atoms with Crippen LogP contribution in [-0.4, -0.2) is 46.9 Å². The van der Waals surface area contributed by atoms with E-state index in [0.717, 1.165) is 50.6 Å². The van der Waals surface area contributed by atoms with Crippen molar-refractivity contribution in [3.63, 3.8) is 0 Å². The van der Waals surface area contributed by atoms with Crippen molar-refractivity contribution in [2.75, 3.05) is 31.6 Å². The number of piperidine rings is 1. The van der Waals surface area contributed by atoms with Crippen molar-refractivity contribution < 1.29 is 9.53 Å². The number of anilines is 1. The molecule has 5 rings (SSSR count). The zero-order valence-electron chi connectivity index (χ0n) is 18.3. The highest BCUT2D eigenvalue weighted by Gasteiger charge is 2.27. The van der Waals surface area contributed by atoms with E-state index in [-0.39, 0.29) is 11.8 Å². The van der Waals surface area contributed by atoms with Gasteiger partial charge in [0.2, 0.25) is 5.91 Å². The molecule has 2 aromatic heterocycles. The Hall–Kier alpha value is -1.70. The quantitative estimate of drug-likeness (QED) is 0.698. The third-order valence-electron chi connectivity index (χ3n) is 7.19. The van der Waals surface area contributed by atoms with Gasteiger partial charge in [-0.15, -0.1) is 11.3 Å². The SMILES string of the molecule is O=C(Nc1ccnn1C1CCN(Cc2ccc(C3CCCCC3)s2)CC1)C1CCOC1. The van der Waals surface area contributed by atoms with Gasteiger partial charge in [0, 0.05) is 42.1 Å². The molecular formula is C24H34N4O2S. The fraction of sp³-hybridized carbons (Fsp3) is 0.667. The standard InChI is InChI=1S/C24H34N4O2S/c29-24(19-11-15-30-17-19)26-23-8-12-25-28(23)20-9-13-27(14-10-20)16-21-6-7-22(31-21)18-4-2-1-3-5-18/h6-8,12,18-20H,1-5,9-11,13-17H2,(H,26,29). The number of rotatable bonds is 6. The number of nitrogens with one attached hydrogen (secondary N) is 1. The molecule has 2 aliphatic heterocycles. The van der Waals surface area contributed by atoms with E-state index in [1.807, 2.05) is 22.1 Å². The van der Waals surface area contributed by atoms with Crippen molar-refractivity contribution in [2.45, 2.75) is 69.9 Å². The van der Waals surface area contributed by atoms with Crippen LogP contribution in [0.5, 0.6) is 0 Å². The molecule has 0 radical (unpaired) electrons. The molecule has 1 amide bonds. The van der Waals surface area contributed by atoms with Gasteiger partial charge in [0.15, 0.2) is 0 Å². The molecule has 7 heteroatoms. The van der Waals surface area contributed by atoms with Crippen LogP contribution in [0.15, 0.2) is 24.4 Å². The molecule has 1 aliphatic carbocycles. The van der Waals surface area contributed by atoms with E-state index in [2.05, 4.69) is 27.4 Å². The van der Waals surface area contributed by atoms with Gasteiger partial charge >= 0.3 is 0 Å². The molecular weight excluding hydrogens is 408 g/mol. The fourth-order valence-electron chi connectivity index (χ4n) is 5.30. The first-order chi connectivity index (χ1) is 15.3. The van der Waals surface area contributed by atoms with Crippen LogP contribution in [0.3, 0.4) is 0 Å². The highest BCUT2D eigenvalue weighted by Crippen LogP contribution is 2.37. The largest absolute Gasteiger partial charge is 0.381 e. The van der Waals surface area contributed by atoms with Crippen LogP contribution in [0, 0.1) is 5.92 Å². The maximum absolute atomic E-state index is 12.5. The number of nitrogens with zero attached hydrogens (tertiary/aromatic N) is 3. The summed E-state index contributed by atoms with van der Waals surface area (Å²) in [5, 5.41) is 7.62. The van der Waals surface area contributed by atoms with E-state index < -0.39 is 0 Å². The molecule has 3 fully saturated rings. The number of aromatic nitrogens is 2. The number of ether oxygens (including phenoxy) is 1. The lowest BCUT2D eigenvalue weighted by Crippen LogP contribution is -2.35. The lowest BCUT2D eigenvalue weighted by atomic mass is 9.88. The third kappa shape index (κ3) is 5.04. The van der Waals surface area contributed by atoms with Gasteiger partial charge < -0.3 is 10.1 Å². The summed E-state index contributed by atoms with van der Waals surface area (Å²) in [5.74, 6) is 1.66. The van der Waals surface area contributed by atoms with E-state index in [1.165, 1.54) is 37.0 Å². The minimum atomic E-state index is -0.0329. The molecule has 0 aromatic carbocycles. The Kier molecular flexibility index (Phi) is 6.72. The molecule has 1 unspecified atom stereocenters. The molecule has 31 heavy (non-hydrogen) atoms. The Morgan fingerprint density at radius 2 is 1.94 bits per heavy atom. The van der Waals surface area contributed by atoms with E-state index >= 15 is 0 Å². The Morgan fingerprint density at radius 3 is 2.71 bits per heavy atom. The maximum atomic E-state index is 12.5. The van der Waals surface area contributed by atoms with Crippen LogP contribution in [-0.2, 0) is 16.1 Å². The minimum absolute atomic E-state index is 0.0329. The summed E-state index contributed by atoms with van der Waals surface area (Å²) in [6.45, 7) is 4.43. The Labute approximate surface area is 189 Å². The van der Waals surface area contributed by atoms with Crippen LogP contribution in [0.25, 0.3) is 0 Å². The van der Waals surface area contributed by atoms with Crippen LogP contribution >= 0.6 is 11.3 Å². The number of thiophene rings is 1. The second kappa shape index (κ2) is 9.84. The summed E-state index contributed by atoms with van der Waals surface area (Å²) in [6.07, 6.45) is 11.7. The lowest BCUT2D eigenvalue weighted by Gasteiger charge is -2.32. The molecule has 4 heterocycles. The normalized spacial score (nSPS) is 23.9. The average molecular weight is 443 g/mol. The Bertz CT molecular complexity index is 859. The van der Waals surface area contributed by atoms with E-state index in [9.17, 15) is 4.79 Å². The van der Waals surface area contributed by atoms with Crippen LogP contribution in [0.1, 0.15) is 73.1 Å². The Morgan fingerprint density at radius 1 is 1.10 bits per heavy atom. The molecule has 3 aliphatic rings. The average Bonchev–Trinajstić information content (AvgIpc) is 3.57. The number of amides is 1. The van der Waals surface area contributed by atoms with E-state index in [0.29, 0.717) is 19.3 Å². The molecule has 2 aromatic rings. The van der Waals surface area contributed by atoms with Crippen LogP contribution in [0.2, 0.25) is 0 Å². The van der Waals surface area contributed by atoms with Gasteiger partial charge in [-0.1, -0.05) is 19.3 Å². The summed E-state index contributed by atoms with van der Waals surface area (Å²) in [7, 11) is 0. The molecule has 0 bridgehead atoms. The number of hydrogen-bond donors (Lipinski definition) is 1. The lowest BCUT2D eigenvalue weighted by molar-refractivity contribution is -0.119. The van der Waals surface area contributed by atoms with Gasteiger partial charge in [-0.2, -0.15) is 5.10 Å². The minimum Gasteiger partial charge on any atom is -0.381 e. The van der Waals surface area contributed by atoms with E-state index in [1.54, 1.807) is 11.1 Å². The Balaban J connectivity index is 1.13. The monoisotopic (exact) mass is 442 g/mol. The zero-order valence-corrected chi connectivity index (χ0v) is 19.1. The molecule has 1 N–H and O–H groups in total. The van der Waals surface area contributed by atoms with E-state index in [4.69, 9.17) is 4.74 Å². The maximum Gasteiger partial charge on any atom is 0.231 e. The summed E-state index contributed by atoms with van der Waals surface area (Å²) in [4.78, 5) is 18.2. The fourth-order valence-corrected chi connectivity index (χ4v) is 6.53. The van der Waals surface area contributed by atoms with Crippen LogP contribution < -0.4 is 5.32 Å². The highest BCUT2D eigenvalue weighted by molar-refractivity contribution is 7.12. The zero-order chi connectivity index (χ0) is 21.0. The van der Waals surface area contributed by atoms with Gasteiger partial charge in [-0.3, -0.25) is 9.69 Å². The predicted molar refractivity (Wildman–Crippen MR) is 123 cm³/mol. The van der Waals surface area contributed by atoms with Crippen molar-refractivity contribution in [1.29, 1.82) is 0 Å². The van der Waals surface area contributed by atoms with Gasteiger partial charge in [0.25, 0.3) is 0 Å². The first-order valence-electron chi connectivity index (χ1n) is 12.0. The second-order valence-electron chi connectivity index (χ2n) is 9.36. The molecule has 6 nitrogen and oxygen atoms in total. The molecule has 2 saturated heterocycles. The molecule has 168 valence electrons.